The first-order valence-corrected chi connectivity index (χ1v) is 6.56. The quantitative estimate of drug-likeness (QED) is 0.666. The minimum atomic E-state index is -1.03. The van der Waals surface area contributed by atoms with Gasteiger partial charge in [0.25, 0.3) is 0 Å². The molecular formula is C10H20N2O4S. The Morgan fingerprint density at radius 1 is 1.53 bits per heavy atom. The van der Waals surface area contributed by atoms with Crippen LogP contribution in [0.4, 0.5) is 4.79 Å². The predicted molar refractivity (Wildman–Crippen MR) is 67.5 cm³/mol. The Morgan fingerprint density at radius 3 is 2.65 bits per heavy atom. The minimum Gasteiger partial charge on any atom is -0.480 e. The maximum atomic E-state index is 11.7. The van der Waals surface area contributed by atoms with Crippen molar-refractivity contribution in [3.63, 3.8) is 0 Å². The predicted octanol–water partition coefficient (Wildman–Crippen LogP) is 0.480. The lowest BCUT2D eigenvalue weighted by Gasteiger charge is -2.21. The van der Waals surface area contributed by atoms with Crippen LogP contribution in [0.2, 0.25) is 0 Å². The van der Waals surface area contributed by atoms with E-state index in [1.54, 1.807) is 11.8 Å². The van der Waals surface area contributed by atoms with Crippen LogP contribution in [-0.4, -0.2) is 66.9 Å². The van der Waals surface area contributed by atoms with Gasteiger partial charge in [0.15, 0.2) is 0 Å². The number of carbonyl (C=O) groups is 2. The van der Waals surface area contributed by atoms with Crippen LogP contribution in [0.25, 0.3) is 0 Å². The third-order valence-corrected chi connectivity index (χ3v) is 3.09. The highest BCUT2D eigenvalue weighted by Crippen LogP contribution is 2.02. The number of amides is 2. The third-order valence-electron chi connectivity index (χ3n) is 2.12. The molecule has 0 radical (unpaired) electrons. The topological polar surface area (TPSA) is 78.9 Å². The van der Waals surface area contributed by atoms with E-state index in [1.165, 1.54) is 12.0 Å². The summed E-state index contributed by atoms with van der Waals surface area (Å²) in [5, 5.41) is 11.7. The van der Waals surface area contributed by atoms with Crippen LogP contribution in [-0.2, 0) is 9.53 Å². The lowest BCUT2D eigenvalue weighted by atomic mass is 10.4. The minimum absolute atomic E-state index is 0.266. The molecule has 2 N–H and O–H groups in total. The smallest absolute Gasteiger partial charge is 0.323 e. The molecule has 2 amide bonds. The maximum absolute atomic E-state index is 11.7. The number of ether oxygens (including phenoxy) is 1. The number of hydrogen-bond donors (Lipinski definition) is 2. The summed E-state index contributed by atoms with van der Waals surface area (Å²) in [4.78, 5) is 23.5. The van der Waals surface area contributed by atoms with Gasteiger partial charge in [-0.25, -0.2) is 4.79 Å². The number of carboxylic acids is 1. The fourth-order valence-corrected chi connectivity index (χ4v) is 1.29. The molecule has 0 aliphatic rings. The molecule has 0 aromatic rings. The summed E-state index contributed by atoms with van der Waals surface area (Å²) >= 11 is 1.64. The van der Waals surface area contributed by atoms with Crippen molar-refractivity contribution in [1.29, 1.82) is 0 Å². The van der Waals surface area contributed by atoms with Crippen molar-refractivity contribution in [3.8, 4) is 0 Å². The summed E-state index contributed by atoms with van der Waals surface area (Å²) in [6, 6.07) is -0.370. The zero-order chi connectivity index (χ0) is 13.3. The largest absolute Gasteiger partial charge is 0.480 e. The molecule has 1 atom stereocenters. The lowest BCUT2D eigenvalue weighted by Crippen LogP contribution is -2.45. The number of nitrogens with zero attached hydrogens (tertiary/aromatic N) is 1. The molecule has 0 aliphatic heterocycles. The van der Waals surface area contributed by atoms with Gasteiger partial charge in [0.1, 0.15) is 6.54 Å². The second-order valence-corrected chi connectivity index (χ2v) is 4.82. The van der Waals surface area contributed by atoms with E-state index in [4.69, 9.17) is 9.84 Å². The number of nitrogens with one attached hydrogen (secondary N) is 1. The molecule has 0 aliphatic carbocycles. The van der Waals surface area contributed by atoms with Crippen LogP contribution < -0.4 is 5.32 Å². The molecule has 0 rings (SSSR count). The van der Waals surface area contributed by atoms with Crippen LogP contribution in [0.1, 0.15) is 6.92 Å². The first kappa shape index (κ1) is 16.1. The highest BCUT2D eigenvalue weighted by molar-refractivity contribution is 7.99. The van der Waals surface area contributed by atoms with E-state index in [0.29, 0.717) is 18.4 Å². The Bertz CT molecular complexity index is 250. The van der Waals surface area contributed by atoms with Crippen molar-refractivity contribution in [1.82, 2.24) is 10.2 Å². The van der Waals surface area contributed by atoms with Gasteiger partial charge in [-0.3, -0.25) is 4.79 Å². The van der Waals surface area contributed by atoms with E-state index in [2.05, 4.69) is 5.32 Å². The van der Waals surface area contributed by atoms with E-state index in [9.17, 15) is 9.59 Å². The molecule has 0 bridgehead atoms. The molecule has 6 nitrogen and oxygen atoms in total. The van der Waals surface area contributed by atoms with Crippen molar-refractivity contribution in [3.05, 3.63) is 0 Å². The Hall–Kier alpha value is -0.950. The molecule has 0 saturated heterocycles. The summed E-state index contributed by atoms with van der Waals surface area (Å²) in [7, 11) is 1.51. The summed E-state index contributed by atoms with van der Waals surface area (Å²) in [6.07, 6.45) is 1.96. The number of urea groups is 1. The molecule has 0 fully saturated rings. The SMILES string of the molecule is COCCN(CC(=O)O)C(=O)NCC(C)SC. The summed E-state index contributed by atoms with van der Waals surface area (Å²) in [5.74, 6) is -1.03. The molecule has 1 unspecified atom stereocenters. The van der Waals surface area contributed by atoms with Gasteiger partial charge in [-0.05, 0) is 6.26 Å². The van der Waals surface area contributed by atoms with Crippen LogP contribution >= 0.6 is 11.8 Å². The van der Waals surface area contributed by atoms with Gasteiger partial charge < -0.3 is 20.1 Å². The highest BCUT2D eigenvalue weighted by Gasteiger charge is 2.16. The second kappa shape index (κ2) is 9.12. The van der Waals surface area contributed by atoms with E-state index >= 15 is 0 Å². The Labute approximate surface area is 106 Å². The third kappa shape index (κ3) is 7.87. The second-order valence-electron chi connectivity index (χ2n) is 3.54. The number of carboxylic acid groups (broad SMARTS) is 1. The van der Waals surface area contributed by atoms with Crippen molar-refractivity contribution in [2.45, 2.75) is 12.2 Å². The normalized spacial score (nSPS) is 11.9. The summed E-state index contributed by atoms with van der Waals surface area (Å²) < 4.78 is 4.83. The molecule has 0 heterocycles. The van der Waals surface area contributed by atoms with Crippen molar-refractivity contribution >= 4 is 23.8 Å². The molecule has 100 valence electrons. The van der Waals surface area contributed by atoms with Gasteiger partial charge in [-0.2, -0.15) is 11.8 Å². The van der Waals surface area contributed by atoms with Gasteiger partial charge in [-0.1, -0.05) is 6.92 Å². The number of aliphatic carboxylic acids is 1. The average Bonchev–Trinajstić information content (AvgIpc) is 2.30. The average molecular weight is 264 g/mol. The molecule has 0 saturated carbocycles. The van der Waals surface area contributed by atoms with E-state index in [1.807, 2.05) is 13.2 Å². The Morgan fingerprint density at radius 2 is 2.18 bits per heavy atom. The fraction of sp³-hybridized carbons (Fsp3) is 0.800. The van der Waals surface area contributed by atoms with Gasteiger partial charge in [0.05, 0.1) is 6.61 Å². The maximum Gasteiger partial charge on any atom is 0.323 e. The van der Waals surface area contributed by atoms with E-state index in [0.717, 1.165) is 0 Å². The molecule has 0 aromatic heterocycles. The number of hydrogen-bond acceptors (Lipinski definition) is 4. The number of carbonyl (C=O) groups excluding carboxylic acids is 1. The van der Waals surface area contributed by atoms with Crippen molar-refractivity contribution in [2.24, 2.45) is 0 Å². The van der Waals surface area contributed by atoms with Crippen molar-refractivity contribution in [2.75, 3.05) is 39.6 Å². The molecule has 0 aromatic carbocycles. The molecule has 0 spiro atoms. The molecule has 7 heteroatoms. The van der Waals surface area contributed by atoms with Crippen LogP contribution in [0, 0.1) is 0 Å². The molecule has 17 heavy (non-hydrogen) atoms. The number of thioether (sulfide) groups is 1. The summed E-state index contributed by atoms with van der Waals surface area (Å²) in [6.45, 7) is 2.77. The lowest BCUT2D eigenvalue weighted by molar-refractivity contribution is -0.137. The monoisotopic (exact) mass is 264 g/mol. The van der Waals surface area contributed by atoms with Gasteiger partial charge in [-0.15, -0.1) is 0 Å². The number of methoxy groups -OCH3 is 1. The van der Waals surface area contributed by atoms with Crippen molar-refractivity contribution < 1.29 is 19.4 Å². The molecular weight excluding hydrogens is 244 g/mol. The Balaban J connectivity index is 4.16. The van der Waals surface area contributed by atoms with E-state index < -0.39 is 5.97 Å². The first-order valence-electron chi connectivity index (χ1n) is 5.27. The summed E-state index contributed by atoms with van der Waals surface area (Å²) in [5.41, 5.74) is 0. The number of rotatable bonds is 8. The van der Waals surface area contributed by atoms with Crippen LogP contribution in [0.15, 0.2) is 0 Å². The fourth-order valence-electron chi connectivity index (χ4n) is 1.04. The van der Waals surface area contributed by atoms with E-state index in [-0.39, 0.29) is 19.1 Å². The highest BCUT2D eigenvalue weighted by atomic mass is 32.2. The first-order chi connectivity index (χ1) is 8.01. The Kier molecular flexibility index (Phi) is 8.61. The van der Waals surface area contributed by atoms with Gasteiger partial charge >= 0.3 is 12.0 Å². The van der Waals surface area contributed by atoms with Gasteiger partial charge in [0.2, 0.25) is 0 Å². The van der Waals surface area contributed by atoms with Gasteiger partial charge in [0, 0.05) is 25.4 Å². The van der Waals surface area contributed by atoms with Crippen LogP contribution in [0.3, 0.4) is 0 Å². The zero-order valence-electron chi connectivity index (χ0n) is 10.4. The standard InChI is InChI=1S/C10H20N2O4S/c1-8(17-3)6-11-10(15)12(4-5-16-2)7-9(13)14/h8H,4-7H2,1-3H3,(H,11,15)(H,13,14). The van der Waals surface area contributed by atoms with Crippen LogP contribution in [0.5, 0.6) is 0 Å². The zero-order valence-corrected chi connectivity index (χ0v) is 11.2.